The van der Waals surface area contributed by atoms with Gasteiger partial charge in [-0.1, -0.05) is 0 Å². The number of nitrogens with zero attached hydrogens (tertiary/aromatic N) is 1. The monoisotopic (exact) mass is 263 g/mol. The van der Waals surface area contributed by atoms with Crippen LogP contribution in [0, 0.1) is 0 Å². The van der Waals surface area contributed by atoms with E-state index in [9.17, 15) is 13.2 Å². The molecule has 1 heterocycles. The van der Waals surface area contributed by atoms with Crippen LogP contribution in [-0.4, -0.2) is 29.8 Å². The second-order valence-corrected chi connectivity index (χ2v) is 7.16. The van der Waals surface area contributed by atoms with Gasteiger partial charge in [-0.3, -0.25) is 4.79 Å². The van der Waals surface area contributed by atoms with Crippen molar-refractivity contribution in [3.63, 3.8) is 0 Å². The molecule has 1 saturated heterocycles. The van der Waals surface area contributed by atoms with Crippen LogP contribution in [0.3, 0.4) is 0 Å². The molecule has 0 atom stereocenters. The molecule has 0 aromatic carbocycles. The van der Waals surface area contributed by atoms with Crippen LogP contribution in [0.5, 0.6) is 0 Å². The maximum absolute atomic E-state index is 12.1. The fourth-order valence-electron chi connectivity index (χ4n) is 2.77. The van der Waals surface area contributed by atoms with E-state index in [4.69, 9.17) is 0 Å². The van der Waals surface area contributed by atoms with Gasteiger partial charge in [-0.2, -0.15) is 12.7 Å². The summed E-state index contributed by atoms with van der Waals surface area (Å²) < 4.78 is 30.1. The van der Waals surface area contributed by atoms with Crippen molar-refractivity contribution in [3.8, 4) is 0 Å². The van der Waals surface area contributed by atoms with Gasteiger partial charge in [0.25, 0.3) is 0 Å². The molecule has 17 heavy (non-hydrogen) atoms. The summed E-state index contributed by atoms with van der Waals surface area (Å²) in [6.07, 6.45) is 2.49. The molecular formula is C11H21NO4S. The average molecular weight is 263 g/mol. The van der Waals surface area contributed by atoms with Crippen molar-refractivity contribution in [2.45, 2.75) is 65.0 Å². The maximum Gasteiger partial charge on any atom is 0.388 e. The van der Waals surface area contributed by atoms with Crippen molar-refractivity contribution >= 4 is 16.3 Å². The smallest absolute Gasteiger partial charge is 0.334 e. The Bertz CT molecular complexity index is 395. The topological polar surface area (TPSA) is 63.7 Å². The van der Waals surface area contributed by atoms with E-state index in [0.717, 1.165) is 26.2 Å². The molecule has 0 aromatic heterocycles. The quantitative estimate of drug-likeness (QED) is 0.762. The van der Waals surface area contributed by atoms with Crippen molar-refractivity contribution < 1.29 is 17.4 Å². The zero-order valence-electron chi connectivity index (χ0n) is 11.1. The molecule has 6 heteroatoms. The standard InChI is InChI=1S/C11H21NO4S/c1-9(13)16-17(14,15)12-10(2,3)7-6-8-11(12,4)5/h6-8H2,1-5H3. The highest BCUT2D eigenvalue weighted by atomic mass is 32.2. The van der Waals surface area contributed by atoms with Gasteiger partial charge in [-0.15, -0.1) is 0 Å². The van der Waals surface area contributed by atoms with Crippen molar-refractivity contribution in [2.24, 2.45) is 0 Å². The summed E-state index contributed by atoms with van der Waals surface area (Å²) in [5.41, 5.74) is -1.06. The Kier molecular flexibility index (Phi) is 3.60. The van der Waals surface area contributed by atoms with Crippen LogP contribution in [0.25, 0.3) is 0 Å². The Labute approximate surface area is 103 Å². The molecule has 0 spiro atoms. The molecule has 0 N–H and O–H groups in total. The fourth-order valence-corrected chi connectivity index (χ4v) is 4.53. The summed E-state index contributed by atoms with van der Waals surface area (Å²) in [4.78, 5) is 10.9. The number of rotatable bonds is 2. The van der Waals surface area contributed by atoms with Crippen LogP contribution < -0.4 is 0 Å². The van der Waals surface area contributed by atoms with Crippen molar-refractivity contribution in [2.75, 3.05) is 0 Å². The number of piperidine rings is 1. The van der Waals surface area contributed by atoms with Gasteiger partial charge in [0.2, 0.25) is 0 Å². The Morgan fingerprint density at radius 3 is 1.88 bits per heavy atom. The molecule has 5 nitrogen and oxygen atoms in total. The van der Waals surface area contributed by atoms with E-state index >= 15 is 0 Å². The largest absolute Gasteiger partial charge is 0.388 e. The zero-order valence-corrected chi connectivity index (χ0v) is 11.9. The SMILES string of the molecule is CC(=O)OS(=O)(=O)N1C(C)(C)CCCC1(C)C. The minimum absolute atomic E-state index is 0.532. The lowest BCUT2D eigenvalue weighted by molar-refractivity contribution is -0.132. The van der Waals surface area contributed by atoms with Crippen molar-refractivity contribution in [1.82, 2.24) is 4.31 Å². The minimum atomic E-state index is -4.01. The molecule has 0 aliphatic carbocycles. The Morgan fingerprint density at radius 2 is 1.53 bits per heavy atom. The molecular weight excluding hydrogens is 242 g/mol. The Hall–Kier alpha value is -0.620. The predicted octanol–water partition coefficient (Wildman–Crippen LogP) is 1.84. The Morgan fingerprint density at radius 1 is 1.12 bits per heavy atom. The van der Waals surface area contributed by atoms with Crippen molar-refractivity contribution in [1.29, 1.82) is 0 Å². The van der Waals surface area contributed by atoms with E-state index in [1.165, 1.54) is 4.31 Å². The number of hydrogen-bond donors (Lipinski definition) is 0. The molecule has 0 radical (unpaired) electrons. The molecule has 0 unspecified atom stereocenters. The highest BCUT2D eigenvalue weighted by molar-refractivity contribution is 7.84. The molecule has 1 rings (SSSR count). The molecule has 0 aromatic rings. The van der Waals surface area contributed by atoms with E-state index in [0.29, 0.717) is 0 Å². The first-order valence-electron chi connectivity index (χ1n) is 5.75. The van der Waals surface area contributed by atoms with Crippen LogP contribution in [0.15, 0.2) is 0 Å². The lowest BCUT2D eigenvalue weighted by Crippen LogP contribution is -2.61. The van der Waals surface area contributed by atoms with Crippen LogP contribution in [0.1, 0.15) is 53.9 Å². The van der Waals surface area contributed by atoms with Gasteiger partial charge in [-0.25, -0.2) is 0 Å². The average Bonchev–Trinajstić information content (AvgIpc) is 1.94. The minimum Gasteiger partial charge on any atom is -0.334 e. The molecule has 1 fully saturated rings. The van der Waals surface area contributed by atoms with Gasteiger partial charge in [-0.05, 0) is 47.0 Å². The first-order chi connectivity index (χ1) is 7.49. The second-order valence-electron chi connectivity index (χ2n) is 5.78. The van der Waals surface area contributed by atoms with Gasteiger partial charge < -0.3 is 4.18 Å². The number of carbonyl (C=O) groups excluding carboxylic acids is 1. The van der Waals surface area contributed by atoms with Crippen LogP contribution >= 0.6 is 0 Å². The van der Waals surface area contributed by atoms with E-state index in [1.807, 2.05) is 27.7 Å². The molecule has 100 valence electrons. The Balaban J connectivity index is 3.18. The third kappa shape index (κ3) is 2.98. The summed E-state index contributed by atoms with van der Waals surface area (Å²) in [7, 11) is -4.01. The van der Waals surface area contributed by atoms with E-state index in [-0.39, 0.29) is 0 Å². The third-order valence-electron chi connectivity index (χ3n) is 3.12. The first kappa shape index (κ1) is 14.4. The molecule has 0 saturated carbocycles. The van der Waals surface area contributed by atoms with E-state index in [2.05, 4.69) is 4.18 Å². The molecule has 0 amide bonds. The summed E-state index contributed by atoms with van der Waals surface area (Å²) in [6, 6.07) is 0. The molecule has 1 aliphatic heterocycles. The number of hydrogen-bond acceptors (Lipinski definition) is 4. The van der Waals surface area contributed by atoms with Gasteiger partial charge in [0.05, 0.1) is 0 Å². The second kappa shape index (κ2) is 4.24. The van der Waals surface area contributed by atoms with Crippen molar-refractivity contribution in [3.05, 3.63) is 0 Å². The highest BCUT2D eigenvalue weighted by Crippen LogP contribution is 2.40. The molecule has 1 aliphatic rings. The lowest BCUT2D eigenvalue weighted by atomic mass is 9.83. The van der Waals surface area contributed by atoms with E-state index < -0.39 is 27.4 Å². The summed E-state index contributed by atoms with van der Waals surface area (Å²) in [5.74, 6) is -0.804. The van der Waals surface area contributed by atoms with E-state index in [1.54, 1.807) is 0 Å². The van der Waals surface area contributed by atoms with Gasteiger partial charge >= 0.3 is 16.3 Å². The van der Waals surface area contributed by atoms with Gasteiger partial charge in [0, 0.05) is 18.0 Å². The fraction of sp³-hybridized carbons (Fsp3) is 0.909. The third-order valence-corrected chi connectivity index (χ3v) is 5.00. The van der Waals surface area contributed by atoms with Crippen LogP contribution in [0.2, 0.25) is 0 Å². The van der Waals surface area contributed by atoms with Gasteiger partial charge in [0.1, 0.15) is 0 Å². The zero-order chi connectivity index (χ0) is 13.5. The first-order valence-corrected chi connectivity index (χ1v) is 7.11. The lowest BCUT2D eigenvalue weighted by Gasteiger charge is -2.50. The van der Waals surface area contributed by atoms with Crippen LogP contribution in [0.4, 0.5) is 0 Å². The normalized spacial score (nSPS) is 24.3. The summed E-state index contributed by atoms with van der Waals surface area (Å²) in [5, 5.41) is 0. The summed E-state index contributed by atoms with van der Waals surface area (Å²) >= 11 is 0. The highest BCUT2D eigenvalue weighted by Gasteiger charge is 2.49. The number of carbonyl (C=O) groups is 1. The molecule has 0 bridgehead atoms. The predicted molar refractivity (Wildman–Crippen MR) is 64.5 cm³/mol. The van der Waals surface area contributed by atoms with Crippen LogP contribution in [-0.2, 0) is 19.3 Å². The maximum atomic E-state index is 12.1. The van der Waals surface area contributed by atoms with Gasteiger partial charge in [0.15, 0.2) is 0 Å². The summed E-state index contributed by atoms with van der Waals surface area (Å²) in [6.45, 7) is 8.52.